The summed E-state index contributed by atoms with van der Waals surface area (Å²) in [6, 6.07) is 8.55. The number of hydrogen-bond acceptors (Lipinski definition) is 6. The summed E-state index contributed by atoms with van der Waals surface area (Å²) in [6.07, 6.45) is 7.13. The second-order valence-corrected chi connectivity index (χ2v) is 11.0. The van der Waals surface area contributed by atoms with Crippen LogP contribution in [0.25, 0.3) is 10.2 Å². The molecule has 8 heteroatoms. The Bertz CT molecular complexity index is 1180. The number of likely N-dealkylation sites (tertiary alicyclic amines) is 1. The number of benzene rings is 1. The van der Waals surface area contributed by atoms with Gasteiger partial charge in [-0.05, 0) is 61.9 Å². The van der Waals surface area contributed by atoms with Crippen molar-refractivity contribution in [3.05, 3.63) is 62.0 Å². The van der Waals surface area contributed by atoms with Crippen molar-refractivity contribution >= 4 is 39.2 Å². The molecule has 0 bridgehead atoms. The minimum absolute atomic E-state index is 0.00378. The number of fused-ring (bicyclic) bond motifs is 3. The zero-order valence-electron chi connectivity index (χ0n) is 18.8. The van der Waals surface area contributed by atoms with Crippen LogP contribution in [-0.2, 0) is 36.5 Å². The normalized spacial score (nSPS) is 16.2. The van der Waals surface area contributed by atoms with Crippen LogP contribution in [0.1, 0.15) is 53.1 Å². The van der Waals surface area contributed by atoms with Crippen molar-refractivity contribution in [2.24, 2.45) is 0 Å². The first kappa shape index (κ1) is 22.6. The van der Waals surface area contributed by atoms with Crippen LogP contribution in [0.5, 0.6) is 0 Å². The van der Waals surface area contributed by atoms with E-state index in [1.165, 1.54) is 60.1 Å². The number of H-pyrrole nitrogens is 1. The average Bonchev–Trinajstić information content (AvgIpc) is 3.40. The molecular weight excluding hydrogens is 452 g/mol. The molecule has 1 aliphatic heterocycles. The van der Waals surface area contributed by atoms with E-state index >= 15 is 0 Å². The molecule has 3 aromatic rings. The highest BCUT2D eigenvalue weighted by atomic mass is 32.2. The topological polar surface area (TPSA) is 78.1 Å². The average molecular weight is 483 g/mol. The van der Waals surface area contributed by atoms with E-state index in [0.717, 1.165) is 41.6 Å². The SMILES string of the molecule is O=C(CSCc1nc2sc3c(c2c(=O)[nH]1)CCC3)NCc1ccc(CN2CCCCC2)cc1. The maximum atomic E-state index is 12.5. The summed E-state index contributed by atoms with van der Waals surface area (Å²) in [5, 5.41) is 3.77. The molecule has 0 radical (unpaired) electrons. The van der Waals surface area contributed by atoms with E-state index in [1.54, 1.807) is 11.3 Å². The van der Waals surface area contributed by atoms with Gasteiger partial charge in [0.25, 0.3) is 5.56 Å². The van der Waals surface area contributed by atoms with Crippen LogP contribution < -0.4 is 10.9 Å². The van der Waals surface area contributed by atoms with Crippen molar-refractivity contribution in [1.82, 2.24) is 20.2 Å². The smallest absolute Gasteiger partial charge is 0.259 e. The van der Waals surface area contributed by atoms with Gasteiger partial charge in [0, 0.05) is 18.0 Å². The number of amides is 1. The fourth-order valence-corrected chi connectivity index (χ4v) is 6.75. The molecule has 2 aliphatic rings. The third-order valence-corrected chi connectivity index (χ3v) is 8.59. The maximum Gasteiger partial charge on any atom is 0.259 e. The van der Waals surface area contributed by atoms with Crippen molar-refractivity contribution in [2.45, 2.75) is 57.4 Å². The molecule has 2 aromatic heterocycles. The molecule has 174 valence electrons. The first-order valence-electron chi connectivity index (χ1n) is 11.8. The van der Waals surface area contributed by atoms with Gasteiger partial charge in [-0.25, -0.2) is 4.98 Å². The van der Waals surface area contributed by atoms with Gasteiger partial charge in [-0.3, -0.25) is 14.5 Å². The quantitative estimate of drug-likeness (QED) is 0.507. The molecule has 0 saturated carbocycles. The van der Waals surface area contributed by atoms with Crippen molar-refractivity contribution in [3.8, 4) is 0 Å². The Balaban J connectivity index is 1.07. The number of aromatic amines is 1. The summed E-state index contributed by atoms with van der Waals surface area (Å²) in [6.45, 7) is 3.94. The summed E-state index contributed by atoms with van der Waals surface area (Å²) in [7, 11) is 0. The summed E-state index contributed by atoms with van der Waals surface area (Å²) >= 11 is 3.12. The largest absolute Gasteiger partial charge is 0.351 e. The number of aromatic nitrogens is 2. The highest BCUT2D eigenvalue weighted by Gasteiger charge is 2.21. The fourth-order valence-electron chi connectivity index (χ4n) is 4.75. The van der Waals surface area contributed by atoms with Gasteiger partial charge in [0.1, 0.15) is 10.7 Å². The maximum absolute atomic E-state index is 12.5. The number of hydrogen-bond donors (Lipinski definition) is 2. The van der Waals surface area contributed by atoms with E-state index in [1.807, 2.05) is 0 Å². The molecule has 6 nitrogen and oxygen atoms in total. The number of thiophene rings is 1. The molecule has 1 amide bonds. The lowest BCUT2D eigenvalue weighted by molar-refractivity contribution is -0.118. The molecular formula is C25H30N4O2S2. The van der Waals surface area contributed by atoms with Crippen LogP contribution in [0.3, 0.4) is 0 Å². The standard InChI is InChI=1S/C25H30N4O2S2/c30-22(26-13-17-7-9-18(10-8-17)14-29-11-2-1-3-12-29)16-32-15-21-27-24(31)23-19-5-4-6-20(19)33-25(23)28-21/h7-10H,1-6,11-16H2,(H,26,30)(H,27,28,31). The molecule has 0 spiro atoms. The Morgan fingerprint density at radius 3 is 2.70 bits per heavy atom. The zero-order chi connectivity index (χ0) is 22.6. The van der Waals surface area contributed by atoms with Gasteiger partial charge in [-0.15, -0.1) is 23.1 Å². The van der Waals surface area contributed by atoms with E-state index < -0.39 is 0 Å². The van der Waals surface area contributed by atoms with Crippen LogP contribution in [0.15, 0.2) is 29.1 Å². The predicted molar refractivity (Wildman–Crippen MR) is 136 cm³/mol. The van der Waals surface area contributed by atoms with Crippen LogP contribution in [0, 0.1) is 0 Å². The summed E-state index contributed by atoms with van der Waals surface area (Å²) in [5.74, 6) is 1.51. The fraction of sp³-hybridized carbons (Fsp3) is 0.480. The lowest BCUT2D eigenvalue weighted by Gasteiger charge is -2.26. The second kappa shape index (κ2) is 10.4. The molecule has 1 aromatic carbocycles. The van der Waals surface area contributed by atoms with Crippen LogP contribution in [0.4, 0.5) is 0 Å². The van der Waals surface area contributed by atoms with Crippen LogP contribution in [0.2, 0.25) is 0 Å². The van der Waals surface area contributed by atoms with Gasteiger partial charge in [0.05, 0.1) is 16.9 Å². The number of carbonyl (C=O) groups is 1. The minimum Gasteiger partial charge on any atom is -0.351 e. The number of carbonyl (C=O) groups excluding carboxylic acids is 1. The van der Waals surface area contributed by atoms with Gasteiger partial charge in [0.15, 0.2) is 0 Å². The number of nitrogens with zero attached hydrogens (tertiary/aromatic N) is 2. The molecule has 2 N–H and O–H groups in total. The summed E-state index contributed by atoms with van der Waals surface area (Å²) < 4.78 is 0. The minimum atomic E-state index is -0.0387. The van der Waals surface area contributed by atoms with Crippen molar-refractivity contribution < 1.29 is 4.79 Å². The summed E-state index contributed by atoms with van der Waals surface area (Å²) in [5.41, 5.74) is 3.60. The highest BCUT2D eigenvalue weighted by molar-refractivity contribution is 7.99. The van der Waals surface area contributed by atoms with Gasteiger partial charge >= 0.3 is 0 Å². The van der Waals surface area contributed by atoms with E-state index in [4.69, 9.17) is 0 Å². The zero-order valence-corrected chi connectivity index (χ0v) is 20.5. The molecule has 1 fully saturated rings. The van der Waals surface area contributed by atoms with Gasteiger partial charge in [-0.1, -0.05) is 30.7 Å². The number of thioether (sulfide) groups is 1. The van der Waals surface area contributed by atoms with E-state index in [2.05, 4.69) is 44.5 Å². The molecule has 0 unspecified atom stereocenters. The third-order valence-electron chi connectivity index (χ3n) is 6.46. The van der Waals surface area contributed by atoms with Gasteiger partial charge in [-0.2, -0.15) is 0 Å². The van der Waals surface area contributed by atoms with E-state index in [0.29, 0.717) is 23.9 Å². The Morgan fingerprint density at radius 2 is 1.88 bits per heavy atom. The number of piperidine rings is 1. The number of nitrogens with one attached hydrogen (secondary N) is 2. The Labute approximate surface area is 202 Å². The first-order chi connectivity index (χ1) is 16.2. The monoisotopic (exact) mass is 482 g/mol. The first-order valence-corrected chi connectivity index (χ1v) is 13.8. The second-order valence-electron chi connectivity index (χ2n) is 8.97. The molecule has 1 aliphatic carbocycles. The Kier molecular flexibility index (Phi) is 7.13. The summed E-state index contributed by atoms with van der Waals surface area (Å²) in [4.78, 5) is 37.0. The van der Waals surface area contributed by atoms with Crippen molar-refractivity contribution in [3.63, 3.8) is 0 Å². The van der Waals surface area contributed by atoms with E-state index in [9.17, 15) is 9.59 Å². The van der Waals surface area contributed by atoms with E-state index in [-0.39, 0.29) is 11.5 Å². The van der Waals surface area contributed by atoms with Crippen molar-refractivity contribution in [2.75, 3.05) is 18.8 Å². The van der Waals surface area contributed by atoms with Crippen LogP contribution in [-0.4, -0.2) is 39.6 Å². The molecule has 3 heterocycles. The molecule has 33 heavy (non-hydrogen) atoms. The number of rotatable bonds is 8. The highest BCUT2D eigenvalue weighted by Crippen LogP contribution is 2.34. The Hall–Kier alpha value is -2.16. The van der Waals surface area contributed by atoms with Gasteiger partial charge < -0.3 is 10.3 Å². The molecule has 0 atom stereocenters. The predicted octanol–water partition coefficient (Wildman–Crippen LogP) is 4.01. The lowest BCUT2D eigenvalue weighted by Crippen LogP contribution is -2.29. The molecule has 5 rings (SSSR count). The number of aryl methyl sites for hydroxylation is 2. The lowest BCUT2D eigenvalue weighted by atomic mass is 10.1. The van der Waals surface area contributed by atoms with Crippen molar-refractivity contribution in [1.29, 1.82) is 0 Å². The van der Waals surface area contributed by atoms with Gasteiger partial charge in [0.2, 0.25) is 5.91 Å². The Morgan fingerprint density at radius 1 is 1.09 bits per heavy atom. The third kappa shape index (κ3) is 5.50. The molecule has 1 saturated heterocycles. The van der Waals surface area contributed by atoms with Crippen LogP contribution >= 0.6 is 23.1 Å².